The maximum atomic E-state index is 6.22. The van der Waals surface area contributed by atoms with Gasteiger partial charge < -0.3 is 4.74 Å². The molecule has 2 fully saturated rings. The summed E-state index contributed by atoms with van der Waals surface area (Å²) < 4.78 is 6.22. The van der Waals surface area contributed by atoms with Gasteiger partial charge in [0.25, 0.3) is 0 Å². The third-order valence-corrected chi connectivity index (χ3v) is 7.05. The van der Waals surface area contributed by atoms with E-state index in [1.807, 2.05) is 0 Å². The summed E-state index contributed by atoms with van der Waals surface area (Å²) in [6.45, 7) is 5.66. The second-order valence-electron chi connectivity index (χ2n) is 9.18. The van der Waals surface area contributed by atoms with Crippen molar-refractivity contribution in [2.24, 2.45) is 17.8 Å². The SMILES string of the molecule is CCCCC[C@H]1CC[C@H](OCCC[C@H]2CC[C@H](CCCC)CC2)CC1. The van der Waals surface area contributed by atoms with E-state index in [9.17, 15) is 0 Å². The van der Waals surface area contributed by atoms with E-state index in [4.69, 9.17) is 4.74 Å². The standard InChI is InChI=1S/C24H46O/c1-3-5-7-10-22-16-18-24(19-17-22)25-20-8-11-23-14-12-21(13-15-23)9-6-4-2/h21-24H,3-20H2,1-2H3/t21-,22-,23-,24-. The molecule has 0 aliphatic heterocycles. The van der Waals surface area contributed by atoms with Crippen molar-refractivity contribution in [1.82, 2.24) is 0 Å². The van der Waals surface area contributed by atoms with Crippen LogP contribution in [0.1, 0.15) is 123 Å². The minimum absolute atomic E-state index is 0.590. The van der Waals surface area contributed by atoms with Crippen molar-refractivity contribution >= 4 is 0 Å². The Morgan fingerprint density at radius 1 is 0.560 bits per heavy atom. The summed E-state index contributed by atoms with van der Waals surface area (Å²) in [5, 5.41) is 0. The first-order valence-corrected chi connectivity index (χ1v) is 11.9. The predicted octanol–water partition coefficient (Wildman–Crippen LogP) is 7.92. The molecule has 0 aromatic carbocycles. The van der Waals surface area contributed by atoms with E-state index in [0.717, 1.165) is 24.4 Å². The van der Waals surface area contributed by atoms with E-state index < -0.39 is 0 Å². The smallest absolute Gasteiger partial charge is 0.0575 e. The molecule has 1 heteroatoms. The van der Waals surface area contributed by atoms with Gasteiger partial charge in [0.1, 0.15) is 0 Å². The lowest BCUT2D eigenvalue weighted by Gasteiger charge is -2.30. The molecule has 2 aliphatic rings. The van der Waals surface area contributed by atoms with Crippen LogP contribution in [0.3, 0.4) is 0 Å². The minimum Gasteiger partial charge on any atom is -0.378 e. The molecule has 0 spiro atoms. The zero-order valence-corrected chi connectivity index (χ0v) is 17.4. The highest BCUT2D eigenvalue weighted by Crippen LogP contribution is 2.34. The summed E-state index contributed by atoms with van der Waals surface area (Å²) in [5.74, 6) is 3.07. The van der Waals surface area contributed by atoms with E-state index >= 15 is 0 Å². The monoisotopic (exact) mass is 350 g/mol. The summed E-state index contributed by atoms with van der Waals surface area (Å²) in [5.41, 5.74) is 0. The molecule has 2 saturated carbocycles. The molecular weight excluding hydrogens is 304 g/mol. The van der Waals surface area contributed by atoms with Crippen LogP contribution in [0.4, 0.5) is 0 Å². The molecule has 0 atom stereocenters. The van der Waals surface area contributed by atoms with Crippen molar-refractivity contribution < 1.29 is 4.74 Å². The van der Waals surface area contributed by atoms with Gasteiger partial charge in [-0.3, -0.25) is 0 Å². The largest absolute Gasteiger partial charge is 0.378 e. The van der Waals surface area contributed by atoms with Gasteiger partial charge in [-0.25, -0.2) is 0 Å². The predicted molar refractivity (Wildman–Crippen MR) is 110 cm³/mol. The number of ether oxygens (including phenoxy) is 1. The second kappa shape index (κ2) is 13.2. The fraction of sp³-hybridized carbons (Fsp3) is 1.00. The van der Waals surface area contributed by atoms with Crippen molar-refractivity contribution in [3.05, 3.63) is 0 Å². The molecule has 0 aromatic heterocycles. The average Bonchev–Trinajstić information content (AvgIpc) is 2.66. The van der Waals surface area contributed by atoms with Gasteiger partial charge in [-0.15, -0.1) is 0 Å². The molecule has 0 N–H and O–H groups in total. The van der Waals surface area contributed by atoms with Crippen LogP contribution in [0.15, 0.2) is 0 Å². The molecule has 148 valence electrons. The Labute approximate surface area is 158 Å². The fourth-order valence-corrected chi connectivity index (χ4v) is 5.19. The van der Waals surface area contributed by atoms with Gasteiger partial charge in [0.2, 0.25) is 0 Å². The van der Waals surface area contributed by atoms with Crippen molar-refractivity contribution in [3.63, 3.8) is 0 Å². The first-order chi connectivity index (χ1) is 12.3. The Morgan fingerprint density at radius 2 is 1.04 bits per heavy atom. The molecule has 0 heterocycles. The van der Waals surface area contributed by atoms with Gasteiger partial charge in [-0.1, -0.05) is 84.5 Å². The van der Waals surface area contributed by atoms with E-state index in [0.29, 0.717) is 6.10 Å². The summed E-state index contributed by atoms with van der Waals surface area (Å²) in [4.78, 5) is 0. The minimum atomic E-state index is 0.590. The Balaban J connectivity index is 1.44. The first kappa shape index (κ1) is 21.3. The number of unbranched alkanes of at least 4 members (excludes halogenated alkanes) is 3. The van der Waals surface area contributed by atoms with E-state index in [-0.39, 0.29) is 0 Å². The van der Waals surface area contributed by atoms with Crippen molar-refractivity contribution in [2.75, 3.05) is 6.61 Å². The molecule has 1 nitrogen and oxygen atoms in total. The summed E-state index contributed by atoms with van der Waals surface area (Å²) in [7, 11) is 0. The van der Waals surface area contributed by atoms with Crippen molar-refractivity contribution in [1.29, 1.82) is 0 Å². The summed E-state index contributed by atoms with van der Waals surface area (Å²) in [6.07, 6.45) is 24.9. The molecule has 0 saturated heterocycles. The van der Waals surface area contributed by atoms with Crippen LogP contribution in [0, 0.1) is 17.8 Å². The highest BCUT2D eigenvalue weighted by Gasteiger charge is 2.22. The van der Waals surface area contributed by atoms with Crippen LogP contribution in [-0.4, -0.2) is 12.7 Å². The molecule has 0 amide bonds. The normalized spacial score (nSPS) is 30.5. The highest BCUT2D eigenvalue weighted by molar-refractivity contribution is 4.74. The Morgan fingerprint density at radius 3 is 1.60 bits per heavy atom. The average molecular weight is 351 g/mol. The van der Waals surface area contributed by atoms with Crippen LogP contribution >= 0.6 is 0 Å². The number of hydrogen-bond acceptors (Lipinski definition) is 1. The van der Waals surface area contributed by atoms with E-state index in [1.165, 1.54) is 109 Å². The van der Waals surface area contributed by atoms with E-state index in [1.54, 1.807) is 0 Å². The maximum absolute atomic E-state index is 6.22. The lowest BCUT2D eigenvalue weighted by Crippen LogP contribution is -2.22. The molecule has 0 unspecified atom stereocenters. The first-order valence-electron chi connectivity index (χ1n) is 11.9. The zero-order chi connectivity index (χ0) is 17.7. The molecule has 0 aromatic rings. The van der Waals surface area contributed by atoms with Gasteiger partial charge in [0, 0.05) is 6.61 Å². The van der Waals surface area contributed by atoms with Gasteiger partial charge in [-0.05, 0) is 56.3 Å². The lowest BCUT2D eigenvalue weighted by atomic mass is 9.78. The quantitative estimate of drug-likeness (QED) is 0.325. The Kier molecular flexibility index (Phi) is 11.2. The number of rotatable bonds is 12. The summed E-state index contributed by atoms with van der Waals surface area (Å²) >= 11 is 0. The van der Waals surface area contributed by atoms with Crippen LogP contribution in [0.5, 0.6) is 0 Å². The van der Waals surface area contributed by atoms with Crippen LogP contribution in [-0.2, 0) is 4.74 Å². The van der Waals surface area contributed by atoms with Crippen molar-refractivity contribution in [3.8, 4) is 0 Å². The molecule has 2 rings (SSSR count). The van der Waals surface area contributed by atoms with Crippen LogP contribution in [0.25, 0.3) is 0 Å². The third-order valence-electron chi connectivity index (χ3n) is 7.05. The van der Waals surface area contributed by atoms with Crippen LogP contribution in [0.2, 0.25) is 0 Å². The van der Waals surface area contributed by atoms with Gasteiger partial charge in [0.15, 0.2) is 0 Å². The zero-order valence-electron chi connectivity index (χ0n) is 17.4. The molecule has 0 radical (unpaired) electrons. The lowest BCUT2D eigenvalue weighted by molar-refractivity contribution is 0.0132. The van der Waals surface area contributed by atoms with Crippen LogP contribution < -0.4 is 0 Å². The van der Waals surface area contributed by atoms with E-state index in [2.05, 4.69) is 13.8 Å². The van der Waals surface area contributed by atoms with Gasteiger partial charge in [-0.2, -0.15) is 0 Å². The topological polar surface area (TPSA) is 9.23 Å². The molecular formula is C24H46O. The highest BCUT2D eigenvalue weighted by atomic mass is 16.5. The van der Waals surface area contributed by atoms with Crippen molar-refractivity contribution in [2.45, 2.75) is 129 Å². The molecule has 25 heavy (non-hydrogen) atoms. The molecule has 0 bridgehead atoms. The maximum Gasteiger partial charge on any atom is 0.0575 e. The third kappa shape index (κ3) is 8.94. The Bertz CT molecular complexity index is 297. The second-order valence-corrected chi connectivity index (χ2v) is 9.18. The Hall–Kier alpha value is -0.0400. The number of hydrogen-bond donors (Lipinski definition) is 0. The fourth-order valence-electron chi connectivity index (χ4n) is 5.19. The van der Waals surface area contributed by atoms with Gasteiger partial charge >= 0.3 is 0 Å². The molecule has 2 aliphatic carbocycles. The summed E-state index contributed by atoms with van der Waals surface area (Å²) in [6, 6.07) is 0. The van der Waals surface area contributed by atoms with Gasteiger partial charge in [0.05, 0.1) is 6.10 Å².